The van der Waals surface area contributed by atoms with Crippen molar-refractivity contribution in [3.8, 4) is 0 Å². The number of rotatable bonds is 3. The van der Waals surface area contributed by atoms with Gasteiger partial charge in [0.1, 0.15) is 10.6 Å². The largest absolute Gasteiger partial charge is 0.468 e. The summed E-state index contributed by atoms with van der Waals surface area (Å²) >= 11 is 7.91. The normalized spacial score (nSPS) is 16.0. The van der Waals surface area contributed by atoms with Gasteiger partial charge in [-0.1, -0.05) is 29.8 Å². The van der Waals surface area contributed by atoms with Gasteiger partial charge in [0, 0.05) is 36.3 Å². The van der Waals surface area contributed by atoms with Crippen LogP contribution in [0.25, 0.3) is 10.1 Å². The van der Waals surface area contributed by atoms with Crippen LogP contribution in [0.15, 0.2) is 47.1 Å². The summed E-state index contributed by atoms with van der Waals surface area (Å²) in [7, 11) is 0. The summed E-state index contributed by atoms with van der Waals surface area (Å²) in [6, 6.07) is 11.8. The van der Waals surface area contributed by atoms with Gasteiger partial charge in [-0.25, -0.2) is 0 Å². The lowest BCUT2D eigenvalue weighted by molar-refractivity contribution is 0.0625. The van der Waals surface area contributed by atoms with E-state index in [9.17, 15) is 4.79 Å². The van der Waals surface area contributed by atoms with Crippen molar-refractivity contribution in [1.29, 1.82) is 0 Å². The average Bonchev–Trinajstić information content (AvgIpc) is 3.23. The van der Waals surface area contributed by atoms with Crippen LogP contribution in [0.3, 0.4) is 0 Å². The van der Waals surface area contributed by atoms with Crippen molar-refractivity contribution < 1.29 is 9.21 Å². The zero-order chi connectivity index (χ0) is 16.5. The topological polar surface area (TPSA) is 36.7 Å². The number of fused-ring (bicyclic) bond motifs is 1. The number of piperazine rings is 1. The first-order valence-electron chi connectivity index (χ1n) is 7.93. The van der Waals surface area contributed by atoms with Crippen molar-refractivity contribution in [1.82, 2.24) is 9.80 Å². The summed E-state index contributed by atoms with van der Waals surface area (Å²) in [4.78, 5) is 17.7. The molecule has 1 aliphatic heterocycles. The lowest BCUT2D eigenvalue weighted by Gasteiger charge is -2.34. The molecule has 0 aliphatic carbocycles. The zero-order valence-electron chi connectivity index (χ0n) is 13.1. The highest BCUT2D eigenvalue weighted by Gasteiger charge is 2.26. The number of benzene rings is 1. The van der Waals surface area contributed by atoms with Crippen LogP contribution in [0.4, 0.5) is 0 Å². The Morgan fingerprint density at radius 2 is 1.92 bits per heavy atom. The quantitative estimate of drug-likeness (QED) is 0.705. The molecule has 2 aromatic heterocycles. The highest BCUT2D eigenvalue weighted by Crippen LogP contribution is 2.36. The Balaban J connectivity index is 1.45. The average molecular weight is 361 g/mol. The van der Waals surface area contributed by atoms with E-state index in [1.807, 2.05) is 41.3 Å². The third-order valence-corrected chi connectivity index (χ3v) is 6.01. The Hall–Kier alpha value is -1.82. The van der Waals surface area contributed by atoms with E-state index < -0.39 is 0 Å². The van der Waals surface area contributed by atoms with Gasteiger partial charge in [0.05, 0.1) is 17.8 Å². The van der Waals surface area contributed by atoms with Crippen LogP contribution < -0.4 is 0 Å². The number of carbonyl (C=O) groups excluding carboxylic acids is 1. The molecule has 0 saturated carbocycles. The smallest absolute Gasteiger partial charge is 0.265 e. The summed E-state index contributed by atoms with van der Waals surface area (Å²) in [5.41, 5.74) is 0. The van der Waals surface area contributed by atoms with E-state index in [0.717, 1.165) is 35.5 Å². The number of nitrogens with zero attached hydrogens (tertiary/aromatic N) is 2. The molecule has 4 rings (SSSR count). The molecule has 1 aliphatic rings. The molecule has 1 saturated heterocycles. The first-order chi connectivity index (χ1) is 11.7. The molecular formula is C18H17ClN2O2S. The maximum atomic E-state index is 12.8. The molecule has 3 heterocycles. The van der Waals surface area contributed by atoms with Gasteiger partial charge in [0.2, 0.25) is 0 Å². The number of amides is 1. The van der Waals surface area contributed by atoms with E-state index in [1.54, 1.807) is 6.26 Å². The lowest BCUT2D eigenvalue weighted by Crippen LogP contribution is -2.48. The van der Waals surface area contributed by atoms with E-state index >= 15 is 0 Å². The fourth-order valence-corrected chi connectivity index (χ4v) is 4.51. The van der Waals surface area contributed by atoms with E-state index in [2.05, 4.69) is 4.90 Å². The van der Waals surface area contributed by atoms with E-state index in [-0.39, 0.29) is 5.91 Å². The van der Waals surface area contributed by atoms with Gasteiger partial charge in [-0.3, -0.25) is 9.69 Å². The van der Waals surface area contributed by atoms with E-state index in [0.29, 0.717) is 23.0 Å². The molecule has 0 unspecified atom stereocenters. The van der Waals surface area contributed by atoms with Crippen molar-refractivity contribution in [2.75, 3.05) is 26.2 Å². The third kappa shape index (κ3) is 2.95. The molecule has 1 fully saturated rings. The molecule has 0 atom stereocenters. The van der Waals surface area contributed by atoms with Crippen LogP contribution in [-0.2, 0) is 6.54 Å². The molecule has 0 bridgehead atoms. The molecule has 0 radical (unpaired) electrons. The molecule has 0 spiro atoms. The van der Waals surface area contributed by atoms with E-state index in [1.165, 1.54) is 11.3 Å². The molecule has 3 aromatic rings. The molecule has 1 aromatic carbocycles. The molecular weight excluding hydrogens is 344 g/mol. The van der Waals surface area contributed by atoms with Crippen LogP contribution in [0.2, 0.25) is 5.02 Å². The fourth-order valence-electron chi connectivity index (χ4n) is 3.03. The highest BCUT2D eigenvalue weighted by molar-refractivity contribution is 7.21. The first kappa shape index (κ1) is 15.7. The number of halogens is 1. The second-order valence-corrected chi connectivity index (χ2v) is 7.32. The van der Waals surface area contributed by atoms with Crippen LogP contribution >= 0.6 is 22.9 Å². The predicted molar refractivity (Wildman–Crippen MR) is 96.7 cm³/mol. The van der Waals surface area contributed by atoms with Crippen molar-refractivity contribution in [2.24, 2.45) is 0 Å². The lowest BCUT2D eigenvalue weighted by atomic mass is 10.2. The monoisotopic (exact) mass is 360 g/mol. The molecule has 0 N–H and O–H groups in total. The van der Waals surface area contributed by atoms with Gasteiger partial charge in [-0.2, -0.15) is 0 Å². The maximum Gasteiger partial charge on any atom is 0.265 e. The molecule has 6 heteroatoms. The second-order valence-electron chi connectivity index (χ2n) is 5.89. The maximum absolute atomic E-state index is 12.8. The van der Waals surface area contributed by atoms with Crippen LogP contribution in [0.5, 0.6) is 0 Å². The number of hydrogen-bond acceptors (Lipinski definition) is 4. The highest BCUT2D eigenvalue weighted by atomic mass is 35.5. The second kappa shape index (κ2) is 6.59. The molecule has 24 heavy (non-hydrogen) atoms. The summed E-state index contributed by atoms with van der Waals surface area (Å²) in [5.74, 6) is 1.00. The summed E-state index contributed by atoms with van der Waals surface area (Å²) in [5, 5.41) is 1.54. The van der Waals surface area contributed by atoms with Crippen LogP contribution in [0.1, 0.15) is 15.4 Å². The molecule has 124 valence electrons. The van der Waals surface area contributed by atoms with Crippen LogP contribution in [-0.4, -0.2) is 41.9 Å². The first-order valence-corrected chi connectivity index (χ1v) is 9.13. The Morgan fingerprint density at radius 3 is 2.62 bits per heavy atom. The standard InChI is InChI=1S/C18H17ClN2O2S/c19-16-14-5-1-2-6-15(14)24-17(16)18(22)21-9-7-20(8-10-21)12-13-4-3-11-23-13/h1-6,11H,7-10,12H2. The predicted octanol–water partition coefficient (Wildman–Crippen LogP) is 4.11. The number of hydrogen-bond donors (Lipinski definition) is 0. The van der Waals surface area contributed by atoms with E-state index in [4.69, 9.17) is 16.0 Å². The Kier molecular flexibility index (Phi) is 4.31. The number of thiophene rings is 1. The SMILES string of the molecule is O=C(c1sc2ccccc2c1Cl)N1CCN(Cc2ccco2)CC1. The van der Waals surface area contributed by atoms with Crippen molar-refractivity contribution in [3.05, 3.63) is 58.3 Å². The summed E-state index contributed by atoms with van der Waals surface area (Å²) in [6.45, 7) is 3.90. The number of carbonyl (C=O) groups is 1. The van der Waals surface area contributed by atoms with Gasteiger partial charge >= 0.3 is 0 Å². The minimum absolute atomic E-state index is 0.0406. The zero-order valence-corrected chi connectivity index (χ0v) is 14.6. The molecule has 1 amide bonds. The van der Waals surface area contributed by atoms with Crippen molar-refractivity contribution >= 4 is 38.9 Å². The van der Waals surface area contributed by atoms with Crippen molar-refractivity contribution in [3.63, 3.8) is 0 Å². The van der Waals surface area contributed by atoms with Crippen molar-refractivity contribution in [2.45, 2.75) is 6.54 Å². The van der Waals surface area contributed by atoms with Gasteiger partial charge in [-0.05, 0) is 18.2 Å². The molecule has 4 nitrogen and oxygen atoms in total. The minimum Gasteiger partial charge on any atom is -0.468 e. The Morgan fingerprint density at radius 1 is 1.12 bits per heavy atom. The van der Waals surface area contributed by atoms with Gasteiger partial charge in [0.15, 0.2) is 0 Å². The van der Waals surface area contributed by atoms with Gasteiger partial charge in [-0.15, -0.1) is 11.3 Å². The summed E-state index contributed by atoms with van der Waals surface area (Å²) < 4.78 is 6.45. The number of furan rings is 1. The summed E-state index contributed by atoms with van der Waals surface area (Å²) in [6.07, 6.45) is 1.69. The fraction of sp³-hybridized carbons (Fsp3) is 0.278. The van der Waals surface area contributed by atoms with Gasteiger partial charge < -0.3 is 9.32 Å². The van der Waals surface area contributed by atoms with Gasteiger partial charge in [0.25, 0.3) is 5.91 Å². The Bertz CT molecular complexity index is 851. The third-order valence-electron chi connectivity index (χ3n) is 4.35. The van der Waals surface area contributed by atoms with Crippen LogP contribution in [0, 0.1) is 0 Å². The Labute approximate surface area is 149 Å². The minimum atomic E-state index is 0.0406.